The number of methoxy groups -OCH3 is 3. The van der Waals surface area contributed by atoms with Crippen LogP contribution in [0, 0.1) is 0 Å². The van der Waals surface area contributed by atoms with Crippen LogP contribution in [0.1, 0.15) is 5.56 Å². The molecule has 0 saturated carbocycles. The molecule has 0 amide bonds. The molecular formula is C18H24N4O3. The summed E-state index contributed by atoms with van der Waals surface area (Å²) < 4.78 is 16.0. The quantitative estimate of drug-likeness (QED) is 0.792. The minimum Gasteiger partial charge on any atom is -0.497 e. The second-order valence-corrected chi connectivity index (χ2v) is 5.86. The minimum atomic E-state index is 0.591. The van der Waals surface area contributed by atoms with E-state index in [1.54, 1.807) is 27.7 Å². The second-order valence-electron chi connectivity index (χ2n) is 5.86. The molecule has 1 saturated heterocycles. The highest BCUT2D eigenvalue weighted by Gasteiger charge is 2.20. The molecule has 1 aliphatic rings. The highest BCUT2D eigenvalue weighted by Crippen LogP contribution is 2.26. The van der Waals surface area contributed by atoms with Gasteiger partial charge in [-0.15, -0.1) is 0 Å². The van der Waals surface area contributed by atoms with Gasteiger partial charge in [0, 0.05) is 44.4 Å². The lowest BCUT2D eigenvalue weighted by molar-refractivity contribution is 0.245. The largest absolute Gasteiger partial charge is 0.497 e. The Morgan fingerprint density at radius 2 is 1.72 bits per heavy atom. The summed E-state index contributed by atoms with van der Waals surface area (Å²) in [4.78, 5) is 13.1. The molecule has 0 N–H and O–H groups in total. The maximum Gasteiger partial charge on any atom is 0.218 e. The molecule has 0 bridgehead atoms. The molecule has 7 heteroatoms. The van der Waals surface area contributed by atoms with E-state index in [9.17, 15) is 0 Å². The molecular weight excluding hydrogens is 320 g/mol. The first-order valence-corrected chi connectivity index (χ1v) is 8.27. The highest BCUT2D eigenvalue weighted by molar-refractivity contribution is 5.42. The van der Waals surface area contributed by atoms with E-state index in [2.05, 4.69) is 19.8 Å². The number of hydrogen-bond acceptors (Lipinski definition) is 7. The van der Waals surface area contributed by atoms with E-state index in [-0.39, 0.29) is 0 Å². The third-order valence-electron chi connectivity index (χ3n) is 4.41. The van der Waals surface area contributed by atoms with Crippen LogP contribution in [0.5, 0.6) is 17.4 Å². The Morgan fingerprint density at radius 1 is 0.920 bits per heavy atom. The zero-order chi connectivity index (χ0) is 17.6. The first-order chi connectivity index (χ1) is 12.2. The molecule has 2 aromatic rings. The zero-order valence-electron chi connectivity index (χ0n) is 14.9. The Hall–Kier alpha value is -2.54. The van der Waals surface area contributed by atoms with Crippen LogP contribution in [0.2, 0.25) is 0 Å². The fraction of sp³-hybridized carbons (Fsp3) is 0.444. The molecule has 1 fully saturated rings. The Bertz CT molecular complexity index is 702. The Kier molecular flexibility index (Phi) is 5.55. The van der Waals surface area contributed by atoms with Crippen molar-refractivity contribution in [3.8, 4) is 17.4 Å². The third kappa shape index (κ3) is 4.11. The average Bonchev–Trinajstić information content (AvgIpc) is 2.68. The fourth-order valence-corrected chi connectivity index (χ4v) is 3.00. The average molecular weight is 344 g/mol. The van der Waals surface area contributed by atoms with Gasteiger partial charge in [-0.3, -0.25) is 4.90 Å². The number of aromatic nitrogens is 2. The van der Waals surface area contributed by atoms with Crippen LogP contribution in [0.4, 0.5) is 5.82 Å². The second kappa shape index (κ2) is 8.02. The molecule has 1 aliphatic heterocycles. The van der Waals surface area contributed by atoms with E-state index in [1.807, 2.05) is 24.3 Å². The van der Waals surface area contributed by atoms with Gasteiger partial charge in [0.15, 0.2) is 0 Å². The van der Waals surface area contributed by atoms with E-state index in [1.165, 1.54) is 0 Å². The van der Waals surface area contributed by atoms with E-state index < -0.39 is 0 Å². The first kappa shape index (κ1) is 17.3. The monoisotopic (exact) mass is 344 g/mol. The van der Waals surface area contributed by atoms with Crippen LogP contribution in [0.25, 0.3) is 0 Å². The molecule has 0 aliphatic carbocycles. The predicted octanol–water partition coefficient (Wildman–Crippen LogP) is 1.82. The zero-order valence-corrected chi connectivity index (χ0v) is 14.9. The van der Waals surface area contributed by atoms with Gasteiger partial charge in [-0.25, -0.2) is 9.97 Å². The van der Waals surface area contributed by atoms with Crippen LogP contribution < -0.4 is 19.1 Å². The smallest absolute Gasteiger partial charge is 0.218 e. The summed E-state index contributed by atoms with van der Waals surface area (Å²) >= 11 is 0. The van der Waals surface area contributed by atoms with Crippen molar-refractivity contribution in [3.63, 3.8) is 0 Å². The first-order valence-electron chi connectivity index (χ1n) is 8.27. The van der Waals surface area contributed by atoms with Crippen LogP contribution in [-0.2, 0) is 6.54 Å². The van der Waals surface area contributed by atoms with Crippen LogP contribution in [0.3, 0.4) is 0 Å². The van der Waals surface area contributed by atoms with Gasteiger partial charge in [0.25, 0.3) is 0 Å². The maximum absolute atomic E-state index is 5.48. The number of piperazine rings is 1. The molecule has 0 spiro atoms. The Morgan fingerprint density at radius 3 is 2.40 bits per heavy atom. The topological polar surface area (TPSA) is 60.0 Å². The Labute approximate surface area is 148 Å². The maximum atomic E-state index is 5.48. The molecule has 134 valence electrons. The van der Waals surface area contributed by atoms with Crippen molar-refractivity contribution >= 4 is 5.82 Å². The van der Waals surface area contributed by atoms with E-state index in [0.29, 0.717) is 5.88 Å². The minimum absolute atomic E-state index is 0.591. The molecule has 0 atom stereocenters. The number of anilines is 1. The lowest BCUT2D eigenvalue weighted by Gasteiger charge is -2.35. The van der Waals surface area contributed by atoms with Crippen molar-refractivity contribution in [1.82, 2.24) is 14.9 Å². The molecule has 3 rings (SSSR count). The van der Waals surface area contributed by atoms with Crippen LogP contribution >= 0.6 is 0 Å². The number of nitrogens with zero attached hydrogens (tertiary/aromatic N) is 4. The number of rotatable bonds is 6. The van der Waals surface area contributed by atoms with Gasteiger partial charge in [-0.2, -0.15) is 0 Å². The summed E-state index contributed by atoms with van der Waals surface area (Å²) in [6, 6.07) is 7.79. The van der Waals surface area contributed by atoms with E-state index in [4.69, 9.17) is 14.2 Å². The van der Waals surface area contributed by atoms with Crippen molar-refractivity contribution < 1.29 is 14.2 Å². The molecule has 2 heterocycles. The predicted molar refractivity (Wildman–Crippen MR) is 95.6 cm³/mol. The summed E-state index contributed by atoms with van der Waals surface area (Å²) in [6.07, 6.45) is 1.54. The summed E-state index contributed by atoms with van der Waals surface area (Å²) in [5.74, 6) is 3.24. The van der Waals surface area contributed by atoms with Crippen molar-refractivity contribution in [2.45, 2.75) is 6.54 Å². The number of hydrogen-bond donors (Lipinski definition) is 0. The van der Waals surface area contributed by atoms with E-state index >= 15 is 0 Å². The highest BCUT2D eigenvalue weighted by atomic mass is 16.5. The van der Waals surface area contributed by atoms with Gasteiger partial charge in [0.1, 0.15) is 23.6 Å². The van der Waals surface area contributed by atoms with Crippen molar-refractivity contribution in [1.29, 1.82) is 0 Å². The third-order valence-corrected chi connectivity index (χ3v) is 4.41. The summed E-state index contributed by atoms with van der Waals surface area (Å²) in [6.45, 7) is 4.56. The van der Waals surface area contributed by atoms with Gasteiger partial charge < -0.3 is 19.1 Å². The molecule has 1 aromatic heterocycles. The van der Waals surface area contributed by atoms with Crippen LogP contribution in [0.15, 0.2) is 30.6 Å². The standard InChI is InChI=1S/C18H24N4O3/c1-23-15-4-5-16(24-2)14(10-15)12-21-6-8-22(9-7-21)17-11-18(25-3)20-13-19-17/h4-5,10-11,13H,6-9,12H2,1-3H3. The molecule has 1 aromatic carbocycles. The van der Waals surface area contributed by atoms with Gasteiger partial charge >= 0.3 is 0 Å². The molecule has 0 radical (unpaired) electrons. The lowest BCUT2D eigenvalue weighted by atomic mass is 10.1. The van der Waals surface area contributed by atoms with Gasteiger partial charge in [-0.05, 0) is 18.2 Å². The molecule has 25 heavy (non-hydrogen) atoms. The van der Waals surface area contributed by atoms with E-state index in [0.717, 1.165) is 55.6 Å². The summed E-state index contributed by atoms with van der Waals surface area (Å²) in [5, 5.41) is 0. The molecule has 7 nitrogen and oxygen atoms in total. The number of benzene rings is 1. The Balaban J connectivity index is 1.63. The van der Waals surface area contributed by atoms with Gasteiger partial charge in [0.05, 0.1) is 21.3 Å². The van der Waals surface area contributed by atoms with Crippen molar-refractivity contribution in [2.24, 2.45) is 0 Å². The van der Waals surface area contributed by atoms with Crippen LogP contribution in [-0.4, -0.2) is 62.4 Å². The normalized spacial score (nSPS) is 15.1. The van der Waals surface area contributed by atoms with Gasteiger partial charge in [-0.1, -0.05) is 0 Å². The molecule has 0 unspecified atom stereocenters. The lowest BCUT2D eigenvalue weighted by Crippen LogP contribution is -2.46. The summed E-state index contributed by atoms with van der Waals surface area (Å²) in [7, 11) is 5.00. The number of ether oxygens (including phenoxy) is 3. The van der Waals surface area contributed by atoms with Gasteiger partial charge in [0.2, 0.25) is 5.88 Å². The fourth-order valence-electron chi connectivity index (χ4n) is 3.00. The SMILES string of the molecule is COc1ccc(OC)c(CN2CCN(c3cc(OC)ncn3)CC2)c1. The summed E-state index contributed by atoms with van der Waals surface area (Å²) in [5.41, 5.74) is 1.14. The van der Waals surface area contributed by atoms with Crippen molar-refractivity contribution in [3.05, 3.63) is 36.2 Å². The van der Waals surface area contributed by atoms with Crippen molar-refractivity contribution in [2.75, 3.05) is 52.4 Å².